The van der Waals surface area contributed by atoms with Gasteiger partial charge in [0.1, 0.15) is 24.0 Å². The van der Waals surface area contributed by atoms with Gasteiger partial charge in [0.25, 0.3) is 0 Å². The molecule has 0 spiro atoms. The number of likely N-dealkylation sites (N-methyl/N-ethyl adjacent to an activating group) is 1. The molecule has 0 saturated carbocycles. The first-order chi connectivity index (χ1) is 21.3. The molecule has 2 saturated heterocycles. The first-order valence-electron chi connectivity index (χ1n) is 15.0. The van der Waals surface area contributed by atoms with Crippen molar-refractivity contribution >= 4 is 22.7 Å². The van der Waals surface area contributed by atoms with Gasteiger partial charge in [-0.2, -0.15) is 5.26 Å². The lowest BCUT2D eigenvalue weighted by Crippen LogP contribution is -2.42. The van der Waals surface area contributed by atoms with E-state index >= 15 is 0 Å². The van der Waals surface area contributed by atoms with E-state index < -0.39 is 11.8 Å². The van der Waals surface area contributed by atoms with Crippen LogP contribution in [0.5, 0.6) is 5.75 Å². The summed E-state index contributed by atoms with van der Waals surface area (Å²) in [5.41, 5.74) is 3.59. The molecule has 0 bridgehead atoms. The lowest BCUT2D eigenvalue weighted by Gasteiger charge is -2.34. The van der Waals surface area contributed by atoms with Crippen LogP contribution in [0.3, 0.4) is 0 Å². The highest BCUT2D eigenvalue weighted by atomic mass is 19.1. The maximum atomic E-state index is 14.4. The van der Waals surface area contributed by atoms with Crippen molar-refractivity contribution in [3.63, 3.8) is 0 Å². The van der Waals surface area contributed by atoms with Gasteiger partial charge in [-0.1, -0.05) is 12.1 Å². The molecule has 3 aromatic carbocycles. The van der Waals surface area contributed by atoms with E-state index in [0.717, 1.165) is 55.0 Å². The Kier molecular flexibility index (Phi) is 8.51. The molecule has 3 unspecified atom stereocenters. The zero-order valence-electron chi connectivity index (χ0n) is 24.9. The average molecular weight is 598 g/mol. The topological polar surface area (TPSA) is 104 Å². The number of rotatable bonds is 11. The summed E-state index contributed by atoms with van der Waals surface area (Å²) in [6.45, 7) is 5.13. The van der Waals surface area contributed by atoms with E-state index in [-0.39, 0.29) is 29.9 Å². The third-order valence-electron chi connectivity index (χ3n) is 8.67. The number of benzene rings is 3. The van der Waals surface area contributed by atoms with Gasteiger partial charge < -0.3 is 24.0 Å². The summed E-state index contributed by atoms with van der Waals surface area (Å²) in [6, 6.07) is 20.0. The van der Waals surface area contributed by atoms with Gasteiger partial charge in [-0.05, 0) is 75.7 Å². The van der Waals surface area contributed by atoms with Crippen molar-refractivity contribution in [2.45, 2.75) is 64.1 Å². The summed E-state index contributed by atoms with van der Waals surface area (Å²) >= 11 is 0. The van der Waals surface area contributed by atoms with Crippen molar-refractivity contribution in [2.24, 2.45) is 0 Å². The van der Waals surface area contributed by atoms with Gasteiger partial charge in [-0.15, -0.1) is 0 Å². The number of nitrogens with zero attached hydrogens (tertiary/aromatic N) is 5. The number of ether oxygens (including phenoxy) is 2. The van der Waals surface area contributed by atoms with Gasteiger partial charge >= 0.3 is 5.97 Å². The van der Waals surface area contributed by atoms with Crippen molar-refractivity contribution in [2.75, 3.05) is 25.1 Å². The molecule has 2 fully saturated rings. The van der Waals surface area contributed by atoms with Gasteiger partial charge in [0.05, 0.1) is 47.4 Å². The molecule has 9 nitrogen and oxygen atoms in total. The summed E-state index contributed by atoms with van der Waals surface area (Å²) in [4.78, 5) is 21.3. The second-order valence-electron chi connectivity index (χ2n) is 11.8. The summed E-state index contributed by atoms with van der Waals surface area (Å²) in [6.07, 6.45) is 3.20. The fourth-order valence-electron chi connectivity index (χ4n) is 6.27. The Labute approximate surface area is 256 Å². The van der Waals surface area contributed by atoms with Crippen LogP contribution in [0.2, 0.25) is 0 Å². The number of halogens is 1. The lowest BCUT2D eigenvalue weighted by atomic mass is 10.1. The van der Waals surface area contributed by atoms with Crippen LogP contribution in [0.4, 0.5) is 10.1 Å². The molecular weight excluding hydrogens is 561 g/mol. The number of hydrogen-bond acceptors (Lipinski definition) is 7. The molecule has 44 heavy (non-hydrogen) atoms. The minimum atomic E-state index is -0.954. The Morgan fingerprint density at radius 2 is 2.02 bits per heavy atom. The molecule has 0 aliphatic carbocycles. The number of anilines is 1. The number of imidazole rings is 1. The number of aromatic carboxylic acids is 1. The van der Waals surface area contributed by atoms with Gasteiger partial charge in [-0.25, -0.2) is 14.2 Å². The molecule has 0 radical (unpaired) electrons. The number of hydrogen-bond donors (Lipinski definition) is 1. The standard InChI is InChI=1S/C34H36FN5O4/c1-22-6-10-27(40(22)26-4-3-5-28(16-26)44-21-25-8-7-23(17-36)14-30(25)35)18-38(2)20-33-37-31-11-9-24(34(41)42)15-32(31)39(33)19-29-12-13-43-29/h3-5,7-9,11,14-16,22,27,29H,6,10,12-13,18-21H2,1-2H3,(H,41,42). The highest BCUT2D eigenvalue weighted by molar-refractivity contribution is 5.92. The van der Waals surface area contributed by atoms with Gasteiger partial charge in [0.15, 0.2) is 0 Å². The maximum absolute atomic E-state index is 14.4. The second kappa shape index (κ2) is 12.6. The van der Waals surface area contributed by atoms with Crippen molar-refractivity contribution < 1.29 is 23.8 Å². The predicted molar refractivity (Wildman–Crippen MR) is 164 cm³/mol. The molecule has 10 heteroatoms. The minimum Gasteiger partial charge on any atom is -0.489 e. The molecule has 2 aliphatic rings. The Bertz CT molecular complexity index is 1710. The van der Waals surface area contributed by atoms with E-state index in [2.05, 4.69) is 34.4 Å². The highest BCUT2D eigenvalue weighted by Crippen LogP contribution is 2.33. The quantitative estimate of drug-likeness (QED) is 0.238. The normalized spacial score (nSPS) is 19.7. The fraction of sp³-hybridized carbons (Fsp3) is 0.382. The summed E-state index contributed by atoms with van der Waals surface area (Å²) < 4.78 is 28.2. The Hall–Kier alpha value is -4.46. The zero-order valence-corrected chi connectivity index (χ0v) is 24.9. The molecule has 1 N–H and O–H groups in total. The molecule has 1 aromatic heterocycles. The summed E-state index contributed by atoms with van der Waals surface area (Å²) in [5, 5.41) is 18.5. The second-order valence-corrected chi connectivity index (χ2v) is 11.8. The van der Waals surface area contributed by atoms with E-state index in [1.54, 1.807) is 30.3 Å². The molecule has 3 atom stereocenters. The predicted octanol–water partition coefficient (Wildman–Crippen LogP) is 5.60. The van der Waals surface area contributed by atoms with E-state index in [4.69, 9.17) is 19.7 Å². The third kappa shape index (κ3) is 6.25. The molecular formula is C34H36FN5O4. The van der Waals surface area contributed by atoms with Crippen molar-refractivity contribution in [1.29, 1.82) is 5.26 Å². The van der Waals surface area contributed by atoms with Crippen LogP contribution >= 0.6 is 0 Å². The molecule has 0 amide bonds. The van der Waals surface area contributed by atoms with Crippen LogP contribution < -0.4 is 9.64 Å². The lowest BCUT2D eigenvalue weighted by molar-refractivity contribution is -0.0591. The molecule has 2 aliphatic heterocycles. The van der Waals surface area contributed by atoms with Gasteiger partial charge in [0, 0.05) is 42.6 Å². The van der Waals surface area contributed by atoms with E-state index in [1.807, 2.05) is 24.3 Å². The number of nitriles is 1. The average Bonchev–Trinajstić information content (AvgIpc) is 3.52. The van der Waals surface area contributed by atoms with Crippen LogP contribution in [0, 0.1) is 17.1 Å². The highest BCUT2D eigenvalue weighted by Gasteiger charge is 2.32. The Morgan fingerprint density at radius 3 is 2.75 bits per heavy atom. The fourth-order valence-corrected chi connectivity index (χ4v) is 6.27. The van der Waals surface area contributed by atoms with Crippen molar-refractivity contribution in [3.05, 3.63) is 89.0 Å². The number of aromatic nitrogens is 2. The molecule has 228 valence electrons. The molecule has 3 heterocycles. The molecule has 4 aromatic rings. The summed E-state index contributed by atoms with van der Waals surface area (Å²) in [5.74, 6) is 0.144. The number of fused-ring (bicyclic) bond motifs is 1. The van der Waals surface area contributed by atoms with Gasteiger partial charge in [-0.3, -0.25) is 4.90 Å². The first-order valence-corrected chi connectivity index (χ1v) is 15.0. The van der Waals surface area contributed by atoms with E-state index in [1.165, 1.54) is 6.07 Å². The summed E-state index contributed by atoms with van der Waals surface area (Å²) in [7, 11) is 2.10. The molecule has 6 rings (SSSR count). The number of carboxylic acid groups (broad SMARTS) is 1. The zero-order chi connectivity index (χ0) is 30.8. The monoisotopic (exact) mass is 597 g/mol. The Morgan fingerprint density at radius 1 is 1.18 bits per heavy atom. The van der Waals surface area contributed by atoms with Crippen LogP contribution in [-0.4, -0.2) is 63.9 Å². The smallest absolute Gasteiger partial charge is 0.335 e. The van der Waals surface area contributed by atoms with Crippen LogP contribution in [0.1, 0.15) is 53.5 Å². The number of carbonyl (C=O) groups is 1. The van der Waals surface area contributed by atoms with Crippen molar-refractivity contribution in [3.8, 4) is 11.8 Å². The Balaban J connectivity index is 1.16. The number of carboxylic acids is 1. The first kappa shape index (κ1) is 29.6. The largest absolute Gasteiger partial charge is 0.489 e. The van der Waals surface area contributed by atoms with E-state index in [0.29, 0.717) is 30.4 Å². The van der Waals surface area contributed by atoms with Crippen molar-refractivity contribution in [1.82, 2.24) is 14.5 Å². The van der Waals surface area contributed by atoms with Crippen LogP contribution in [0.25, 0.3) is 11.0 Å². The van der Waals surface area contributed by atoms with E-state index in [9.17, 15) is 14.3 Å². The van der Waals surface area contributed by atoms with Crippen LogP contribution in [-0.2, 0) is 24.4 Å². The van der Waals surface area contributed by atoms with Crippen LogP contribution in [0.15, 0.2) is 60.7 Å². The SMILES string of the molecule is CC1CCC(CN(C)Cc2nc3ccc(C(=O)O)cc3n2CC2CCO2)N1c1cccc(OCc2ccc(C#N)cc2F)c1. The third-order valence-corrected chi connectivity index (χ3v) is 8.67. The minimum absolute atomic E-state index is 0.0730. The van der Waals surface area contributed by atoms with Gasteiger partial charge in [0.2, 0.25) is 0 Å². The maximum Gasteiger partial charge on any atom is 0.335 e.